The first-order valence-electron chi connectivity index (χ1n) is 4.40. The van der Waals surface area contributed by atoms with Crippen LogP contribution in [0.1, 0.15) is 27.7 Å². The molecule has 0 radical (unpaired) electrons. The average molecular weight is 184 g/mol. The van der Waals surface area contributed by atoms with Crippen LogP contribution in [0.4, 0.5) is 0 Å². The van der Waals surface area contributed by atoms with E-state index in [1.165, 1.54) is 0 Å². The summed E-state index contributed by atoms with van der Waals surface area (Å²) in [6, 6.07) is 0. The van der Waals surface area contributed by atoms with Crippen molar-refractivity contribution in [3.63, 3.8) is 0 Å². The molecule has 3 heteroatoms. The topological polar surface area (TPSA) is 46.5 Å². The molecule has 0 aromatic carbocycles. The minimum atomic E-state index is -0.645. The van der Waals surface area contributed by atoms with Crippen molar-refractivity contribution in [2.75, 3.05) is 0 Å². The predicted octanol–water partition coefficient (Wildman–Crippen LogP) is 1.27. The Bertz CT molecular complexity index is 247. The summed E-state index contributed by atoms with van der Waals surface area (Å²) in [5.74, 6) is -0.326. The lowest BCUT2D eigenvalue weighted by Crippen LogP contribution is -2.37. The van der Waals surface area contributed by atoms with Gasteiger partial charge in [0.2, 0.25) is 0 Å². The Morgan fingerprint density at radius 1 is 1.54 bits per heavy atom. The molecule has 0 fully saturated rings. The Morgan fingerprint density at radius 2 is 2.08 bits per heavy atom. The van der Waals surface area contributed by atoms with E-state index in [9.17, 15) is 9.90 Å². The lowest BCUT2D eigenvalue weighted by atomic mass is 9.86. The van der Waals surface area contributed by atoms with E-state index in [0.717, 1.165) is 0 Å². The van der Waals surface area contributed by atoms with Crippen molar-refractivity contribution in [2.45, 2.75) is 39.9 Å². The first kappa shape index (κ1) is 10.3. The van der Waals surface area contributed by atoms with Gasteiger partial charge >= 0.3 is 5.97 Å². The molecule has 0 aliphatic carbocycles. The zero-order chi connectivity index (χ0) is 10.2. The second kappa shape index (κ2) is 3.14. The van der Waals surface area contributed by atoms with Gasteiger partial charge < -0.3 is 9.84 Å². The van der Waals surface area contributed by atoms with Gasteiger partial charge in [-0.25, -0.2) is 4.79 Å². The molecule has 2 atom stereocenters. The maximum absolute atomic E-state index is 11.0. The molecule has 0 saturated carbocycles. The molecule has 2 unspecified atom stereocenters. The van der Waals surface area contributed by atoms with Crippen LogP contribution in [-0.4, -0.2) is 23.3 Å². The van der Waals surface area contributed by atoms with Gasteiger partial charge in [-0.1, -0.05) is 20.8 Å². The molecule has 0 aromatic rings. The smallest absolute Gasteiger partial charge is 0.334 e. The number of aliphatic hydroxyl groups excluding tert-OH is 1. The van der Waals surface area contributed by atoms with Crippen molar-refractivity contribution in [1.29, 1.82) is 0 Å². The van der Waals surface area contributed by atoms with Crippen molar-refractivity contribution >= 4 is 5.97 Å². The second-order valence-corrected chi connectivity index (χ2v) is 4.53. The number of ether oxygens (including phenoxy) is 1. The van der Waals surface area contributed by atoms with Crippen LogP contribution in [0.2, 0.25) is 0 Å². The van der Waals surface area contributed by atoms with E-state index in [1.807, 2.05) is 20.8 Å². The van der Waals surface area contributed by atoms with Gasteiger partial charge in [0.05, 0.1) is 6.10 Å². The van der Waals surface area contributed by atoms with Gasteiger partial charge in [-0.2, -0.15) is 0 Å². The maximum atomic E-state index is 11.0. The number of rotatable bonds is 1. The van der Waals surface area contributed by atoms with Crippen molar-refractivity contribution in [2.24, 2.45) is 5.41 Å². The SMILES string of the molecule is CC1=CC(C(O)C(C)(C)C)OC1=O. The highest BCUT2D eigenvalue weighted by atomic mass is 16.6. The number of carbonyl (C=O) groups is 1. The monoisotopic (exact) mass is 184 g/mol. The zero-order valence-corrected chi connectivity index (χ0v) is 8.50. The van der Waals surface area contributed by atoms with Gasteiger partial charge in [0, 0.05) is 5.57 Å². The van der Waals surface area contributed by atoms with Crippen LogP contribution >= 0.6 is 0 Å². The van der Waals surface area contributed by atoms with Crippen molar-refractivity contribution in [3.05, 3.63) is 11.6 Å². The van der Waals surface area contributed by atoms with Gasteiger partial charge in [-0.15, -0.1) is 0 Å². The molecule has 3 nitrogen and oxygen atoms in total. The Kier molecular flexibility index (Phi) is 2.48. The molecule has 1 N–H and O–H groups in total. The van der Waals surface area contributed by atoms with E-state index in [4.69, 9.17) is 4.74 Å². The van der Waals surface area contributed by atoms with Gasteiger partial charge in [0.25, 0.3) is 0 Å². The molecule has 74 valence electrons. The van der Waals surface area contributed by atoms with Crippen molar-refractivity contribution in [1.82, 2.24) is 0 Å². The highest BCUT2D eigenvalue weighted by Gasteiger charge is 2.35. The number of hydrogen-bond donors (Lipinski definition) is 1. The lowest BCUT2D eigenvalue weighted by Gasteiger charge is -2.28. The number of carbonyl (C=O) groups excluding carboxylic acids is 1. The van der Waals surface area contributed by atoms with Gasteiger partial charge in [-0.3, -0.25) is 0 Å². The molecule has 1 heterocycles. The van der Waals surface area contributed by atoms with Crippen LogP contribution < -0.4 is 0 Å². The number of hydrogen-bond acceptors (Lipinski definition) is 3. The van der Waals surface area contributed by atoms with Crippen molar-refractivity contribution < 1.29 is 14.6 Å². The second-order valence-electron chi connectivity index (χ2n) is 4.53. The largest absolute Gasteiger partial charge is 0.452 e. The number of esters is 1. The fourth-order valence-electron chi connectivity index (χ4n) is 1.21. The first-order chi connectivity index (χ1) is 5.82. The zero-order valence-electron chi connectivity index (χ0n) is 8.50. The summed E-state index contributed by atoms with van der Waals surface area (Å²) in [5, 5.41) is 9.80. The Hall–Kier alpha value is -0.830. The molecule has 1 aliphatic rings. The molecule has 13 heavy (non-hydrogen) atoms. The minimum Gasteiger partial charge on any atom is -0.452 e. The molecule has 0 amide bonds. The van der Waals surface area contributed by atoms with Gasteiger partial charge in [0.1, 0.15) is 6.10 Å². The van der Waals surface area contributed by atoms with E-state index < -0.39 is 12.2 Å². The maximum Gasteiger partial charge on any atom is 0.334 e. The van der Waals surface area contributed by atoms with Crippen molar-refractivity contribution in [3.8, 4) is 0 Å². The average Bonchev–Trinajstić information content (AvgIpc) is 2.29. The fraction of sp³-hybridized carbons (Fsp3) is 0.700. The van der Waals surface area contributed by atoms with Crippen LogP contribution in [0.3, 0.4) is 0 Å². The number of aliphatic hydroxyl groups is 1. The molecule has 0 aromatic heterocycles. The molecule has 0 saturated heterocycles. The van der Waals surface area contributed by atoms with Crippen LogP contribution in [0.5, 0.6) is 0 Å². The summed E-state index contributed by atoms with van der Waals surface area (Å²) in [4.78, 5) is 11.0. The van der Waals surface area contributed by atoms with Gasteiger partial charge in [-0.05, 0) is 18.4 Å². The van der Waals surface area contributed by atoms with Gasteiger partial charge in [0.15, 0.2) is 0 Å². The summed E-state index contributed by atoms with van der Waals surface area (Å²) in [5.41, 5.74) is 0.305. The third-order valence-corrected chi connectivity index (χ3v) is 2.18. The van der Waals surface area contributed by atoms with E-state index in [-0.39, 0.29) is 11.4 Å². The first-order valence-corrected chi connectivity index (χ1v) is 4.40. The summed E-state index contributed by atoms with van der Waals surface area (Å²) in [7, 11) is 0. The predicted molar refractivity (Wildman–Crippen MR) is 49.1 cm³/mol. The van der Waals surface area contributed by atoms with Crippen LogP contribution in [0.25, 0.3) is 0 Å². The lowest BCUT2D eigenvalue weighted by molar-refractivity contribution is -0.146. The quantitative estimate of drug-likeness (QED) is 0.624. The summed E-state index contributed by atoms with van der Waals surface area (Å²) < 4.78 is 4.98. The Morgan fingerprint density at radius 3 is 2.38 bits per heavy atom. The summed E-state index contributed by atoms with van der Waals surface area (Å²) >= 11 is 0. The van der Waals surface area contributed by atoms with Crippen LogP contribution in [0.15, 0.2) is 11.6 Å². The third-order valence-electron chi connectivity index (χ3n) is 2.18. The summed E-state index contributed by atoms with van der Waals surface area (Å²) in [6.07, 6.45) is 0.555. The Balaban J connectivity index is 2.72. The number of cyclic esters (lactones) is 1. The molecular formula is C10H16O3. The van der Waals surface area contributed by atoms with Crippen LogP contribution in [-0.2, 0) is 9.53 Å². The van der Waals surface area contributed by atoms with Crippen LogP contribution in [0, 0.1) is 5.41 Å². The molecule has 0 bridgehead atoms. The Labute approximate surface area is 78.4 Å². The third kappa shape index (κ3) is 2.10. The van der Waals surface area contributed by atoms with E-state index in [1.54, 1.807) is 13.0 Å². The van der Waals surface area contributed by atoms with E-state index >= 15 is 0 Å². The molecular weight excluding hydrogens is 168 g/mol. The molecule has 0 spiro atoms. The fourth-order valence-corrected chi connectivity index (χ4v) is 1.21. The molecule has 1 aliphatic heterocycles. The van der Waals surface area contributed by atoms with E-state index in [2.05, 4.69) is 0 Å². The standard InChI is InChI=1S/C10H16O3/c1-6-5-7(13-9(6)12)8(11)10(2,3)4/h5,7-8,11H,1-4H3. The highest BCUT2D eigenvalue weighted by Crippen LogP contribution is 2.27. The van der Waals surface area contributed by atoms with E-state index in [0.29, 0.717) is 5.57 Å². The summed E-state index contributed by atoms with van der Waals surface area (Å²) in [6.45, 7) is 7.42. The minimum absolute atomic E-state index is 0.272. The molecule has 1 rings (SSSR count). The highest BCUT2D eigenvalue weighted by molar-refractivity contribution is 5.90. The normalized spacial score (nSPS) is 25.5.